The van der Waals surface area contributed by atoms with E-state index in [4.69, 9.17) is 16.0 Å². The van der Waals surface area contributed by atoms with Crippen LogP contribution < -0.4 is 10.7 Å². The number of nitrogens with one attached hydrogen (secondary N) is 1. The van der Waals surface area contributed by atoms with Gasteiger partial charge in [-0.25, -0.2) is 4.39 Å². The second kappa shape index (κ2) is 7.02. The number of rotatable bonds is 2. The second-order valence-corrected chi connectivity index (χ2v) is 7.89. The molecular weight excluding hydrogens is 401 g/mol. The van der Waals surface area contributed by atoms with Gasteiger partial charge < -0.3 is 25.1 Å². The monoisotopic (exact) mass is 419 g/mol. The smallest absolute Gasteiger partial charge is 0.197 e. The van der Waals surface area contributed by atoms with Crippen molar-refractivity contribution in [2.24, 2.45) is 0 Å². The molecule has 2 aromatic carbocycles. The van der Waals surface area contributed by atoms with Gasteiger partial charge >= 0.3 is 0 Å². The predicted molar refractivity (Wildman–Crippen MR) is 107 cm³/mol. The van der Waals surface area contributed by atoms with Gasteiger partial charge in [-0.3, -0.25) is 4.79 Å². The molecule has 6 nitrogen and oxygen atoms in total. The van der Waals surface area contributed by atoms with E-state index >= 15 is 0 Å². The van der Waals surface area contributed by atoms with E-state index in [1.54, 1.807) is 6.92 Å². The number of hydrogen-bond donors (Lipinski definition) is 4. The van der Waals surface area contributed by atoms with Gasteiger partial charge in [0.1, 0.15) is 34.0 Å². The average molecular weight is 420 g/mol. The van der Waals surface area contributed by atoms with E-state index in [1.807, 2.05) is 0 Å². The topological polar surface area (TPSA) is 103 Å². The lowest BCUT2D eigenvalue weighted by atomic mass is 9.72. The first kappa shape index (κ1) is 19.7. The zero-order valence-corrected chi connectivity index (χ0v) is 16.3. The molecule has 0 spiro atoms. The number of hydrogen-bond acceptors (Lipinski definition) is 6. The molecule has 152 valence electrons. The number of fused-ring (bicyclic) bond motifs is 1. The molecule has 1 aliphatic rings. The van der Waals surface area contributed by atoms with Gasteiger partial charge in [0.2, 0.25) is 0 Å². The van der Waals surface area contributed by atoms with E-state index in [2.05, 4.69) is 5.32 Å². The minimum absolute atomic E-state index is 0.0335. The maximum absolute atomic E-state index is 13.4. The van der Waals surface area contributed by atoms with Crippen molar-refractivity contribution >= 4 is 22.6 Å². The average Bonchev–Trinajstić information content (AvgIpc) is 2.63. The summed E-state index contributed by atoms with van der Waals surface area (Å²) < 4.78 is 19.4. The van der Waals surface area contributed by atoms with E-state index in [0.717, 1.165) is 18.2 Å². The summed E-state index contributed by atoms with van der Waals surface area (Å²) in [6, 6.07) is 5.90. The number of piperidine rings is 1. The Morgan fingerprint density at radius 3 is 2.69 bits per heavy atom. The molecule has 29 heavy (non-hydrogen) atoms. The molecule has 4 N–H and O–H groups in total. The SMILES string of the molecule is C[C@]1(c2c(O)cc(O)c3c(=O)cc(-c4ccc(F)cc4Cl)oc23)CCNC[C@H]1O. The van der Waals surface area contributed by atoms with Gasteiger partial charge in [-0.1, -0.05) is 18.5 Å². The Morgan fingerprint density at radius 1 is 1.24 bits per heavy atom. The first-order chi connectivity index (χ1) is 13.7. The highest BCUT2D eigenvalue weighted by atomic mass is 35.5. The standard InChI is InChI=1S/C21H19ClFNO5/c1-21(4-5-24-9-17(21)28)19-15(27)7-13(25)18-14(26)8-16(29-20(18)19)11-3-2-10(23)6-12(11)22/h2-3,6-8,17,24-25,27-28H,4-5,9H2,1H3/t17-,21+/m1/s1. The zero-order chi connectivity index (χ0) is 20.9. The number of phenols is 2. The van der Waals surface area contributed by atoms with Crippen molar-refractivity contribution in [2.45, 2.75) is 24.9 Å². The van der Waals surface area contributed by atoms with Gasteiger partial charge in [0, 0.05) is 35.2 Å². The first-order valence-corrected chi connectivity index (χ1v) is 9.47. The van der Waals surface area contributed by atoms with Crippen molar-refractivity contribution in [3.05, 3.63) is 57.0 Å². The van der Waals surface area contributed by atoms with Crippen molar-refractivity contribution in [2.75, 3.05) is 13.1 Å². The van der Waals surface area contributed by atoms with Gasteiger partial charge in [0.05, 0.1) is 11.1 Å². The van der Waals surface area contributed by atoms with Crippen LogP contribution in [0.2, 0.25) is 5.02 Å². The Morgan fingerprint density at radius 2 is 2.00 bits per heavy atom. The molecule has 0 aliphatic carbocycles. The minimum Gasteiger partial charge on any atom is -0.507 e. The Bertz CT molecular complexity index is 1180. The maximum Gasteiger partial charge on any atom is 0.197 e. The van der Waals surface area contributed by atoms with Crippen LogP contribution in [0.25, 0.3) is 22.3 Å². The van der Waals surface area contributed by atoms with Crippen molar-refractivity contribution in [3.8, 4) is 22.8 Å². The lowest BCUT2D eigenvalue weighted by Gasteiger charge is -2.39. The summed E-state index contributed by atoms with van der Waals surface area (Å²) >= 11 is 6.12. The Hall–Kier alpha value is -2.61. The minimum atomic E-state index is -0.928. The number of benzene rings is 2. The first-order valence-electron chi connectivity index (χ1n) is 9.10. The van der Waals surface area contributed by atoms with Crippen LogP contribution in [-0.2, 0) is 5.41 Å². The van der Waals surface area contributed by atoms with Crippen LogP contribution >= 0.6 is 11.6 Å². The number of aliphatic hydroxyl groups excluding tert-OH is 1. The molecule has 1 fully saturated rings. The summed E-state index contributed by atoms with van der Waals surface area (Å²) in [5.41, 5.74) is -0.989. The second-order valence-electron chi connectivity index (χ2n) is 7.48. The third-order valence-corrected chi connectivity index (χ3v) is 5.94. The van der Waals surface area contributed by atoms with Crippen molar-refractivity contribution in [1.82, 2.24) is 5.32 Å². The molecule has 2 atom stereocenters. The molecule has 0 saturated carbocycles. The fourth-order valence-corrected chi connectivity index (χ4v) is 4.21. The summed E-state index contributed by atoms with van der Waals surface area (Å²) in [6.45, 7) is 2.65. The summed E-state index contributed by atoms with van der Waals surface area (Å²) in [4.78, 5) is 12.8. The number of aromatic hydroxyl groups is 2. The fourth-order valence-electron chi connectivity index (χ4n) is 3.95. The van der Waals surface area contributed by atoms with Gasteiger partial charge in [0.15, 0.2) is 5.43 Å². The van der Waals surface area contributed by atoms with E-state index in [1.165, 1.54) is 12.1 Å². The van der Waals surface area contributed by atoms with Crippen LogP contribution in [0, 0.1) is 5.82 Å². The van der Waals surface area contributed by atoms with Crippen molar-refractivity contribution < 1.29 is 24.1 Å². The van der Waals surface area contributed by atoms with Gasteiger partial charge in [-0.2, -0.15) is 0 Å². The van der Waals surface area contributed by atoms with Crippen LogP contribution in [0.5, 0.6) is 11.5 Å². The molecule has 4 rings (SSSR count). The Balaban J connectivity index is 2.06. The molecule has 0 unspecified atom stereocenters. The normalized spacial score (nSPS) is 22.1. The Kier molecular flexibility index (Phi) is 4.77. The van der Waals surface area contributed by atoms with E-state index < -0.39 is 28.5 Å². The van der Waals surface area contributed by atoms with Crippen LogP contribution in [0.3, 0.4) is 0 Å². The quantitative estimate of drug-likeness (QED) is 0.508. The highest BCUT2D eigenvalue weighted by molar-refractivity contribution is 6.33. The van der Waals surface area contributed by atoms with E-state index in [0.29, 0.717) is 19.5 Å². The van der Waals surface area contributed by atoms with Gasteiger partial charge in [-0.15, -0.1) is 0 Å². The van der Waals surface area contributed by atoms with E-state index in [9.17, 15) is 24.5 Å². The molecule has 2 heterocycles. The van der Waals surface area contributed by atoms with Crippen molar-refractivity contribution in [1.29, 1.82) is 0 Å². The molecule has 1 aromatic heterocycles. The largest absolute Gasteiger partial charge is 0.507 e. The van der Waals surface area contributed by atoms with Crippen LogP contribution in [0.1, 0.15) is 18.9 Å². The number of halogens is 2. The lowest BCUT2D eigenvalue weighted by molar-refractivity contribution is 0.0627. The summed E-state index contributed by atoms with van der Waals surface area (Å²) in [5.74, 6) is -1.20. The highest BCUT2D eigenvalue weighted by Gasteiger charge is 2.41. The summed E-state index contributed by atoms with van der Waals surface area (Å²) in [6.07, 6.45) is -0.398. The Labute approximate surface area is 170 Å². The maximum atomic E-state index is 13.4. The van der Waals surface area contributed by atoms with E-state index in [-0.39, 0.29) is 38.6 Å². The fraction of sp³-hybridized carbons (Fsp3) is 0.286. The zero-order valence-electron chi connectivity index (χ0n) is 15.5. The lowest BCUT2D eigenvalue weighted by Crippen LogP contribution is -2.50. The molecule has 8 heteroatoms. The summed E-state index contributed by atoms with van der Waals surface area (Å²) in [5, 5.41) is 34.6. The number of phenolic OH excluding ortho intramolecular Hbond substituents is 2. The third kappa shape index (κ3) is 3.15. The molecule has 1 aliphatic heterocycles. The summed E-state index contributed by atoms with van der Waals surface area (Å²) in [7, 11) is 0. The molecule has 0 bridgehead atoms. The van der Waals surface area contributed by atoms with Gasteiger partial charge in [0.25, 0.3) is 0 Å². The predicted octanol–water partition coefficient (Wildman–Crippen LogP) is 3.28. The highest BCUT2D eigenvalue weighted by Crippen LogP contribution is 2.45. The molecule has 3 aromatic rings. The molecular formula is C21H19ClFNO5. The van der Waals surface area contributed by atoms with Crippen LogP contribution in [0.4, 0.5) is 4.39 Å². The van der Waals surface area contributed by atoms with Crippen LogP contribution in [-0.4, -0.2) is 34.5 Å². The number of aliphatic hydroxyl groups is 1. The third-order valence-electron chi connectivity index (χ3n) is 5.62. The van der Waals surface area contributed by atoms with Crippen molar-refractivity contribution in [3.63, 3.8) is 0 Å². The number of β-amino-alcohol motifs (C(OH)–C–C–N with tert-alkyl or cyclic N) is 1. The molecule has 0 radical (unpaired) electrons. The van der Waals surface area contributed by atoms with Gasteiger partial charge in [-0.05, 0) is 31.2 Å². The molecule has 1 saturated heterocycles. The van der Waals surface area contributed by atoms with Crippen LogP contribution in [0.15, 0.2) is 39.5 Å². The molecule has 0 amide bonds.